The van der Waals surface area contributed by atoms with Crippen molar-refractivity contribution in [3.8, 4) is 0 Å². The number of H-pyrrole nitrogens is 1. The number of esters is 1. The van der Waals surface area contributed by atoms with Gasteiger partial charge in [0.2, 0.25) is 0 Å². The van der Waals surface area contributed by atoms with E-state index in [1.54, 1.807) is 6.92 Å². The van der Waals surface area contributed by atoms with Crippen LogP contribution in [0, 0.1) is 0 Å². The summed E-state index contributed by atoms with van der Waals surface area (Å²) >= 11 is 3.39. The van der Waals surface area contributed by atoms with Crippen LogP contribution in [0.2, 0.25) is 0 Å². The van der Waals surface area contributed by atoms with Gasteiger partial charge in [0, 0.05) is 23.5 Å². The summed E-state index contributed by atoms with van der Waals surface area (Å²) in [6, 6.07) is 7.04. The highest BCUT2D eigenvalue weighted by Gasteiger charge is 2.36. The molecule has 1 aliphatic heterocycles. The first kappa shape index (κ1) is 19.9. The molecule has 1 N–H and O–H groups in total. The summed E-state index contributed by atoms with van der Waals surface area (Å²) in [7, 11) is -3.11. The third-order valence-electron chi connectivity index (χ3n) is 4.75. The summed E-state index contributed by atoms with van der Waals surface area (Å²) in [6.07, 6.45) is -0.602. The topological polar surface area (TPSA) is 96.5 Å². The van der Waals surface area contributed by atoms with E-state index in [1.807, 2.05) is 24.3 Å². The highest BCUT2D eigenvalue weighted by molar-refractivity contribution is 9.10. The SMILES string of the molecule is CCN(C(=O)[C@H](C)OC(=O)c1[nH]c2ccccc2c1Br)[C@@H]1CCS(=O)(=O)C1. The Morgan fingerprint density at radius 1 is 1.37 bits per heavy atom. The number of aromatic nitrogens is 1. The number of sulfone groups is 1. The smallest absolute Gasteiger partial charge is 0.356 e. The van der Waals surface area contributed by atoms with Gasteiger partial charge >= 0.3 is 5.97 Å². The molecule has 0 bridgehead atoms. The third kappa shape index (κ3) is 4.03. The number of nitrogens with one attached hydrogen (secondary N) is 1. The van der Waals surface area contributed by atoms with Gasteiger partial charge in [-0.2, -0.15) is 0 Å². The summed E-state index contributed by atoms with van der Waals surface area (Å²) in [6.45, 7) is 3.64. The molecule has 1 saturated heterocycles. The van der Waals surface area contributed by atoms with E-state index in [1.165, 1.54) is 11.8 Å². The predicted octanol–water partition coefficient (Wildman–Crippen LogP) is 2.51. The van der Waals surface area contributed by atoms with E-state index < -0.39 is 21.9 Å². The van der Waals surface area contributed by atoms with Gasteiger partial charge in [0.05, 0.1) is 16.0 Å². The number of carbonyl (C=O) groups excluding carboxylic acids is 2. The lowest BCUT2D eigenvalue weighted by atomic mass is 10.2. The Morgan fingerprint density at radius 3 is 2.67 bits per heavy atom. The molecule has 0 saturated carbocycles. The van der Waals surface area contributed by atoms with Gasteiger partial charge in [-0.25, -0.2) is 13.2 Å². The summed E-state index contributed by atoms with van der Waals surface area (Å²) in [5, 5.41) is 0.842. The van der Waals surface area contributed by atoms with Crippen molar-refractivity contribution in [3.05, 3.63) is 34.4 Å². The van der Waals surface area contributed by atoms with Gasteiger partial charge in [-0.15, -0.1) is 0 Å². The Balaban J connectivity index is 1.73. The number of benzene rings is 1. The molecule has 3 rings (SSSR count). The number of rotatable bonds is 5. The molecule has 1 amide bonds. The second-order valence-corrected chi connectivity index (χ2v) is 9.61. The number of para-hydroxylation sites is 1. The number of carbonyl (C=O) groups is 2. The van der Waals surface area contributed by atoms with Crippen LogP contribution in [0.15, 0.2) is 28.7 Å². The maximum absolute atomic E-state index is 12.7. The van der Waals surface area contributed by atoms with Gasteiger partial charge in [-0.1, -0.05) is 18.2 Å². The van der Waals surface area contributed by atoms with Crippen LogP contribution in [0.25, 0.3) is 10.9 Å². The fraction of sp³-hybridized carbons (Fsp3) is 0.444. The minimum atomic E-state index is -3.11. The Morgan fingerprint density at radius 2 is 2.07 bits per heavy atom. The molecule has 1 fully saturated rings. The highest BCUT2D eigenvalue weighted by atomic mass is 79.9. The van der Waals surface area contributed by atoms with Crippen LogP contribution in [-0.2, 0) is 19.4 Å². The Hall–Kier alpha value is -1.87. The van der Waals surface area contributed by atoms with E-state index in [-0.39, 0.29) is 29.1 Å². The number of hydrogen-bond donors (Lipinski definition) is 1. The number of likely N-dealkylation sites (N-methyl/N-ethyl adjacent to an activating group) is 1. The molecule has 7 nitrogen and oxygen atoms in total. The van der Waals surface area contributed by atoms with Crippen LogP contribution < -0.4 is 0 Å². The molecule has 1 aromatic heterocycles. The van der Waals surface area contributed by atoms with Crippen LogP contribution in [-0.4, -0.2) is 60.4 Å². The van der Waals surface area contributed by atoms with Crippen LogP contribution in [0.4, 0.5) is 0 Å². The summed E-state index contributed by atoms with van der Waals surface area (Å²) in [4.78, 5) is 29.7. The second kappa shape index (κ2) is 7.63. The fourth-order valence-corrected chi connectivity index (χ4v) is 5.70. The molecular weight excluding hydrogens is 436 g/mol. The molecule has 1 aliphatic rings. The molecule has 2 aromatic rings. The zero-order valence-corrected chi connectivity index (χ0v) is 17.5. The van der Waals surface area contributed by atoms with Crippen molar-refractivity contribution in [2.45, 2.75) is 32.4 Å². The van der Waals surface area contributed by atoms with Gasteiger partial charge in [-0.05, 0) is 42.3 Å². The lowest BCUT2D eigenvalue weighted by molar-refractivity contribution is -0.141. The lowest BCUT2D eigenvalue weighted by Gasteiger charge is -2.29. The van der Waals surface area contributed by atoms with Gasteiger partial charge in [0.25, 0.3) is 5.91 Å². The maximum Gasteiger partial charge on any atom is 0.356 e. The molecule has 27 heavy (non-hydrogen) atoms. The molecule has 1 aromatic carbocycles. The Labute approximate surface area is 166 Å². The molecule has 146 valence electrons. The zero-order chi connectivity index (χ0) is 19.8. The first-order valence-electron chi connectivity index (χ1n) is 8.71. The van der Waals surface area contributed by atoms with Crippen molar-refractivity contribution in [2.24, 2.45) is 0 Å². The number of aromatic amines is 1. The van der Waals surface area contributed by atoms with E-state index >= 15 is 0 Å². The van der Waals surface area contributed by atoms with Crippen molar-refractivity contribution >= 4 is 48.5 Å². The van der Waals surface area contributed by atoms with Crippen molar-refractivity contribution in [1.82, 2.24) is 9.88 Å². The first-order valence-corrected chi connectivity index (χ1v) is 11.3. The summed E-state index contributed by atoms with van der Waals surface area (Å²) < 4.78 is 29.4. The number of halogens is 1. The monoisotopic (exact) mass is 456 g/mol. The molecule has 0 aliphatic carbocycles. The average Bonchev–Trinajstić information content (AvgIpc) is 3.15. The fourth-order valence-electron chi connectivity index (χ4n) is 3.37. The standard InChI is InChI=1S/C18H21BrN2O5S/c1-3-21(12-8-9-27(24,25)10-12)17(22)11(2)26-18(23)16-15(19)13-6-4-5-7-14(13)20-16/h4-7,11-12,20H,3,8-10H2,1-2H3/t11-,12+/m0/s1. The molecule has 2 heterocycles. The molecule has 9 heteroatoms. The van der Waals surface area contributed by atoms with Gasteiger partial charge in [0.1, 0.15) is 5.69 Å². The Kier molecular flexibility index (Phi) is 5.62. The predicted molar refractivity (Wildman–Crippen MR) is 105 cm³/mol. The average molecular weight is 457 g/mol. The number of nitrogens with zero attached hydrogens (tertiary/aromatic N) is 1. The van der Waals surface area contributed by atoms with Crippen LogP contribution >= 0.6 is 15.9 Å². The molecular formula is C18H21BrN2O5S. The Bertz CT molecular complexity index is 985. The van der Waals surface area contributed by atoms with Crippen molar-refractivity contribution < 1.29 is 22.7 Å². The third-order valence-corrected chi connectivity index (χ3v) is 7.33. The van der Waals surface area contributed by atoms with Crippen LogP contribution in [0.5, 0.6) is 0 Å². The number of amides is 1. The number of hydrogen-bond acceptors (Lipinski definition) is 5. The van der Waals surface area contributed by atoms with Gasteiger partial charge in [0.15, 0.2) is 15.9 Å². The van der Waals surface area contributed by atoms with E-state index in [2.05, 4.69) is 20.9 Å². The van der Waals surface area contributed by atoms with Gasteiger partial charge < -0.3 is 14.6 Å². The van der Waals surface area contributed by atoms with Crippen LogP contribution in [0.3, 0.4) is 0 Å². The quantitative estimate of drug-likeness (QED) is 0.697. The molecule has 2 atom stereocenters. The van der Waals surface area contributed by atoms with Crippen molar-refractivity contribution in [3.63, 3.8) is 0 Å². The van der Waals surface area contributed by atoms with E-state index in [9.17, 15) is 18.0 Å². The van der Waals surface area contributed by atoms with Gasteiger partial charge in [-0.3, -0.25) is 4.79 Å². The van der Waals surface area contributed by atoms with E-state index in [0.29, 0.717) is 17.4 Å². The number of ether oxygens (including phenoxy) is 1. The molecule has 0 spiro atoms. The minimum absolute atomic E-state index is 0.0409. The largest absolute Gasteiger partial charge is 0.448 e. The maximum atomic E-state index is 12.7. The molecule has 0 unspecified atom stereocenters. The summed E-state index contributed by atoms with van der Waals surface area (Å²) in [5.41, 5.74) is 1.02. The first-order chi connectivity index (χ1) is 12.7. The normalized spacial score (nSPS) is 19.7. The minimum Gasteiger partial charge on any atom is -0.448 e. The van der Waals surface area contributed by atoms with Crippen molar-refractivity contribution in [1.29, 1.82) is 0 Å². The zero-order valence-electron chi connectivity index (χ0n) is 15.1. The van der Waals surface area contributed by atoms with E-state index in [4.69, 9.17) is 4.74 Å². The summed E-state index contributed by atoms with van der Waals surface area (Å²) in [5.74, 6) is -0.993. The van der Waals surface area contributed by atoms with Crippen LogP contribution in [0.1, 0.15) is 30.8 Å². The highest BCUT2D eigenvalue weighted by Crippen LogP contribution is 2.28. The second-order valence-electron chi connectivity index (χ2n) is 6.59. The van der Waals surface area contributed by atoms with E-state index in [0.717, 1.165) is 10.9 Å². The van der Waals surface area contributed by atoms with Crippen molar-refractivity contribution in [2.75, 3.05) is 18.1 Å². The lowest BCUT2D eigenvalue weighted by Crippen LogP contribution is -2.46. The molecule has 0 radical (unpaired) electrons. The number of fused-ring (bicyclic) bond motifs is 1.